The lowest BCUT2D eigenvalue weighted by atomic mass is 9.94. The van der Waals surface area contributed by atoms with Crippen molar-refractivity contribution >= 4 is 28.4 Å². The van der Waals surface area contributed by atoms with Crippen LogP contribution in [0.2, 0.25) is 0 Å². The van der Waals surface area contributed by atoms with E-state index in [0.29, 0.717) is 30.0 Å². The van der Waals surface area contributed by atoms with Crippen LogP contribution in [0.1, 0.15) is 49.4 Å². The van der Waals surface area contributed by atoms with E-state index in [9.17, 15) is 9.90 Å². The molecule has 8 nitrogen and oxygen atoms in total. The summed E-state index contributed by atoms with van der Waals surface area (Å²) >= 11 is 0. The second kappa shape index (κ2) is 10.3. The van der Waals surface area contributed by atoms with Gasteiger partial charge in [0.1, 0.15) is 17.7 Å². The Hall–Kier alpha value is -3.65. The summed E-state index contributed by atoms with van der Waals surface area (Å²) in [6.07, 6.45) is 2.00. The van der Waals surface area contributed by atoms with Gasteiger partial charge in [0, 0.05) is 47.9 Å². The number of nitrogen functional groups attached to an aromatic ring is 1. The Morgan fingerprint density at radius 3 is 2.60 bits per heavy atom. The number of piperidine rings is 1. The molecular weight excluding hydrogens is 442 g/mol. The molecule has 2 aromatic carbocycles. The lowest BCUT2D eigenvalue weighted by Crippen LogP contribution is -2.45. The fraction of sp³-hybridized carbons (Fsp3) is 0.370. The Kier molecular flexibility index (Phi) is 7.21. The average Bonchev–Trinajstić information content (AvgIpc) is 3.19. The summed E-state index contributed by atoms with van der Waals surface area (Å²) in [5, 5.41) is 30.0. The maximum atomic E-state index is 12.3. The van der Waals surface area contributed by atoms with Crippen LogP contribution in [-0.4, -0.2) is 45.9 Å². The number of carboxylic acid groups (broad SMARTS) is 1. The lowest BCUT2D eigenvalue weighted by molar-refractivity contribution is -0.138. The van der Waals surface area contributed by atoms with E-state index in [1.54, 1.807) is 6.92 Å². The SMILES string of the molecule is CCn1c(CC(C(=O)O)c2ccc(OC3CCNC(C(C)=N)C3)cc2)cc2ccc(C(=N)N)cc21. The van der Waals surface area contributed by atoms with Crippen LogP contribution in [0.4, 0.5) is 0 Å². The molecule has 3 aromatic rings. The number of hydrogen-bond donors (Lipinski definition) is 5. The van der Waals surface area contributed by atoms with Gasteiger partial charge >= 0.3 is 5.97 Å². The van der Waals surface area contributed by atoms with Gasteiger partial charge in [-0.2, -0.15) is 0 Å². The monoisotopic (exact) mass is 475 g/mol. The van der Waals surface area contributed by atoms with E-state index in [-0.39, 0.29) is 18.0 Å². The molecular formula is C27H33N5O3. The first-order valence-electron chi connectivity index (χ1n) is 12.0. The molecule has 3 unspecified atom stereocenters. The fourth-order valence-electron chi connectivity index (χ4n) is 4.87. The van der Waals surface area contributed by atoms with Gasteiger partial charge in [-0.15, -0.1) is 0 Å². The third-order valence-electron chi connectivity index (χ3n) is 6.79. The Morgan fingerprint density at radius 2 is 1.97 bits per heavy atom. The predicted octanol–water partition coefficient (Wildman–Crippen LogP) is 3.90. The molecule has 1 fully saturated rings. The van der Waals surface area contributed by atoms with Crippen molar-refractivity contribution in [1.82, 2.24) is 9.88 Å². The van der Waals surface area contributed by atoms with Crippen LogP contribution < -0.4 is 15.8 Å². The van der Waals surface area contributed by atoms with Gasteiger partial charge in [-0.3, -0.25) is 10.2 Å². The van der Waals surface area contributed by atoms with Gasteiger partial charge in [-0.1, -0.05) is 24.3 Å². The normalized spacial score (nSPS) is 18.8. The number of nitrogens with zero attached hydrogens (tertiary/aromatic N) is 1. The van der Waals surface area contributed by atoms with Gasteiger partial charge in [0.05, 0.1) is 5.92 Å². The highest BCUT2D eigenvalue weighted by atomic mass is 16.5. The van der Waals surface area contributed by atoms with Crippen LogP contribution in [-0.2, 0) is 17.8 Å². The average molecular weight is 476 g/mol. The van der Waals surface area contributed by atoms with Gasteiger partial charge in [-0.05, 0) is 62.0 Å². The largest absolute Gasteiger partial charge is 0.490 e. The number of fused-ring (bicyclic) bond motifs is 1. The smallest absolute Gasteiger partial charge is 0.311 e. The number of ether oxygens (including phenoxy) is 1. The number of carbonyl (C=O) groups is 1. The van der Waals surface area contributed by atoms with Crippen molar-refractivity contribution in [3.05, 3.63) is 65.4 Å². The minimum absolute atomic E-state index is 0.0102. The van der Waals surface area contributed by atoms with E-state index in [2.05, 4.69) is 9.88 Å². The molecule has 184 valence electrons. The molecule has 0 aliphatic carbocycles. The van der Waals surface area contributed by atoms with Crippen molar-refractivity contribution in [2.45, 2.75) is 57.7 Å². The molecule has 0 radical (unpaired) electrons. The summed E-state index contributed by atoms with van der Waals surface area (Å²) in [7, 11) is 0. The summed E-state index contributed by atoms with van der Waals surface area (Å²) in [4.78, 5) is 12.3. The topological polar surface area (TPSA) is 137 Å². The minimum atomic E-state index is -0.876. The maximum Gasteiger partial charge on any atom is 0.311 e. The quantitative estimate of drug-likeness (QED) is 0.236. The number of amidine groups is 1. The Labute approximate surface area is 205 Å². The first-order chi connectivity index (χ1) is 16.8. The van der Waals surface area contributed by atoms with Crippen molar-refractivity contribution < 1.29 is 14.6 Å². The summed E-state index contributed by atoms with van der Waals surface area (Å²) in [5.74, 6) is -0.852. The molecule has 0 spiro atoms. The van der Waals surface area contributed by atoms with Gasteiger partial charge in [0.25, 0.3) is 0 Å². The zero-order chi connectivity index (χ0) is 25.1. The molecule has 1 aliphatic rings. The lowest BCUT2D eigenvalue weighted by Gasteiger charge is -2.30. The second-order valence-electron chi connectivity index (χ2n) is 9.19. The summed E-state index contributed by atoms with van der Waals surface area (Å²) in [6.45, 7) is 5.33. The molecule has 3 atom stereocenters. The molecule has 0 bridgehead atoms. The van der Waals surface area contributed by atoms with E-state index in [1.807, 2.05) is 55.5 Å². The highest BCUT2D eigenvalue weighted by Gasteiger charge is 2.25. The number of aryl methyl sites for hydroxylation is 1. The van der Waals surface area contributed by atoms with Crippen LogP contribution in [0.15, 0.2) is 48.5 Å². The number of nitrogens with two attached hydrogens (primary N) is 1. The van der Waals surface area contributed by atoms with Crippen LogP contribution in [0.5, 0.6) is 5.75 Å². The maximum absolute atomic E-state index is 12.3. The van der Waals surface area contributed by atoms with Crippen molar-refractivity contribution in [1.29, 1.82) is 10.8 Å². The van der Waals surface area contributed by atoms with Gasteiger partial charge in [0.2, 0.25) is 0 Å². The predicted molar refractivity (Wildman–Crippen MR) is 138 cm³/mol. The van der Waals surface area contributed by atoms with Crippen LogP contribution in [0, 0.1) is 10.8 Å². The van der Waals surface area contributed by atoms with Gasteiger partial charge < -0.3 is 30.9 Å². The second-order valence-corrected chi connectivity index (χ2v) is 9.19. The molecule has 0 amide bonds. The first-order valence-corrected chi connectivity index (χ1v) is 12.0. The highest BCUT2D eigenvalue weighted by Crippen LogP contribution is 2.29. The van der Waals surface area contributed by atoms with Crippen LogP contribution >= 0.6 is 0 Å². The van der Waals surface area contributed by atoms with E-state index in [0.717, 1.165) is 41.5 Å². The third-order valence-corrected chi connectivity index (χ3v) is 6.79. The number of carboxylic acids is 1. The molecule has 8 heteroatoms. The van der Waals surface area contributed by atoms with Crippen LogP contribution in [0.3, 0.4) is 0 Å². The summed E-state index contributed by atoms with van der Waals surface area (Å²) < 4.78 is 8.23. The number of hydrogen-bond acceptors (Lipinski definition) is 5. The number of benzene rings is 2. The van der Waals surface area contributed by atoms with Gasteiger partial charge in [-0.25, -0.2) is 0 Å². The molecule has 1 saturated heterocycles. The van der Waals surface area contributed by atoms with Crippen molar-refractivity contribution in [2.24, 2.45) is 5.73 Å². The van der Waals surface area contributed by atoms with E-state index in [1.165, 1.54) is 0 Å². The molecule has 35 heavy (non-hydrogen) atoms. The molecule has 1 aliphatic heterocycles. The Bertz CT molecular complexity index is 1250. The third kappa shape index (κ3) is 5.38. The van der Waals surface area contributed by atoms with Crippen molar-refractivity contribution in [3.63, 3.8) is 0 Å². The molecule has 2 heterocycles. The molecule has 4 rings (SSSR count). The number of aromatic nitrogens is 1. The number of rotatable bonds is 9. The standard InChI is InChI=1S/C27H33N5O3/c1-3-32-20(12-18-4-5-19(26(29)30)13-25(18)32)14-23(27(33)34)17-6-8-21(9-7-17)35-22-10-11-31-24(15-22)16(2)28/h4-9,12-13,22-24,28,31H,3,10-11,14-15H2,1-2H3,(H3,29,30)(H,33,34). The molecule has 1 aromatic heterocycles. The van der Waals surface area contributed by atoms with Gasteiger partial charge in [0.15, 0.2) is 0 Å². The zero-order valence-corrected chi connectivity index (χ0v) is 20.2. The molecule has 0 saturated carbocycles. The highest BCUT2D eigenvalue weighted by molar-refractivity contribution is 5.98. The fourth-order valence-corrected chi connectivity index (χ4v) is 4.87. The number of nitrogens with one attached hydrogen (secondary N) is 3. The minimum Gasteiger partial charge on any atom is -0.490 e. The number of aliphatic carboxylic acids is 1. The molecule has 6 N–H and O–H groups in total. The van der Waals surface area contributed by atoms with E-state index in [4.69, 9.17) is 21.3 Å². The van der Waals surface area contributed by atoms with E-state index >= 15 is 0 Å². The summed E-state index contributed by atoms with van der Waals surface area (Å²) in [6, 6.07) is 15.0. The van der Waals surface area contributed by atoms with Crippen LogP contribution in [0.25, 0.3) is 10.9 Å². The Balaban J connectivity index is 1.53. The zero-order valence-electron chi connectivity index (χ0n) is 20.2. The van der Waals surface area contributed by atoms with E-state index < -0.39 is 11.9 Å². The Morgan fingerprint density at radius 1 is 1.23 bits per heavy atom. The van der Waals surface area contributed by atoms with Crippen molar-refractivity contribution in [3.8, 4) is 5.75 Å². The first kappa shape index (κ1) is 24.5. The van der Waals surface area contributed by atoms with Crippen molar-refractivity contribution in [2.75, 3.05) is 6.54 Å². The summed E-state index contributed by atoms with van der Waals surface area (Å²) in [5.41, 5.74) is 9.53.